The summed E-state index contributed by atoms with van der Waals surface area (Å²) >= 11 is 0.883. The number of carbonyl (C=O) groups excluding carboxylic acids is 1. The molecule has 0 bridgehead atoms. The molecule has 0 aliphatic rings. The molecule has 0 radical (unpaired) electrons. The third-order valence-electron chi connectivity index (χ3n) is 4.15. The highest BCUT2D eigenvalue weighted by atomic mass is 32.1. The second-order valence-corrected chi connectivity index (χ2v) is 7.45. The number of anilines is 1. The van der Waals surface area contributed by atoms with Crippen molar-refractivity contribution >= 4 is 34.9 Å². The number of nitrogens with one attached hydrogen (secondary N) is 1. The van der Waals surface area contributed by atoms with Gasteiger partial charge in [0, 0.05) is 16.1 Å². The van der Waals surface area contributed by atoms with Gasteiger partial charge in [-0.25, -0.2) is 9.59 Å². The number of thiophene rings is 1. The van der Waals surface area contributed by atoms with Gasteiger partial charge in [0.1, 0.15) is 5.75 Å². The van der Waals surface area contributed by atoms with Gasteiger partial charge in [0.2, 0.25) is 0 Å². The minimum atomic E-state index is -4.47. The average Bonchev–Trinajstić information content (AvgIpc) is 3.17. The van der Waals surface area contributed by atoms with E-state index < -0.39 is 36.2 Å². The molecule has 0 saturated heterocycles. The fraction of sp³-hybridized carbons (Fsp3) is 0.0952. The number of halogens is 3. The first-order valence-electron chi connectivity index (χ1n) is 8.85. The summed E-state index contributed by atoms with van der Waals surface area (Å²) in [5.41, 5.74) is 0.152. The molecular weight excluding hydrogens is 451 g/mol. The van der Waals surface area contributed by atoms with E-state index in [2.05, 4.69) is 5.32 Å². The van der Waals surface area contributed by atoms with Gasteiger partial charge < -0.3 is 20.3 Å². The van der Waals surface area contributed by atoms with Crippen LogP contribution in [0.15, 0.2) is 54.6 Å². The maximum atomic E-state index is 12.6. The van der Waals surface area contributed by atoms with Crippen LogP contribution in [0.4, 0.5) is 18.9 Å². The van der Waals surface area contributed by atoms with Crippen molar-refractivity contribution < 1.29 is 42.5 Å². The van der Waals surface area contributed by atoms with Crippen molar-refractivity contribution in [3.63, 3.8) is 0 Å². The first-order valence-corrected chi connectivity index (χ1v) is 9.67. The molecule has 11 heteroatoms. The molecule has 0 aliphatic carbocycles. The molecule has 0 atom stereocenters. The van der Waals surface area contributed by atoms with Gasteiger partial charge in [-0.15, -0.1) is 11.3 Å². The first-order chi connectivity index (χ1) is 15.0. The lowest BCUT2D eigenvalue weighted by Gasteiger charge is -2.09. The Morgan fingerprint density at radius 2 is 1.59 bits per heavy atom. The Morgan fingerprint density at radius 3 is 2.12 bits per heavy atom. The predicted octanol–water partition coefficient (Wildman–Crippen LogP) is 4.85. The number of alkyl halides is 3. The first kappa shape index (κ1) is 22.8. The van der Waals surface area contributed by atoms with Crippen molar-refractivity contribution in [2.75, 3.05) is 11.9 Å². The summed E-state index contributed by atoms with van der Waals surface area (Å²) in [6.45, 7) is -0.695. The van der Waals surface area contributed by atoms with E-state index in [1.807, 2.05) is 0 Å². The van der Waals surface area contributed by atoms with Gasteiger partial charge in [0.25, 0.3) is 5.91 Å². The molecular formula is C21H14F3NO6S. The Morgan fingerprint density at radius 1 is 0.969 bits per heavy atom. The lowest BCUT2D eigenvalue weighted by atomic mass is 10.1. The number of aliphatic carboxylic acids is 1. The molecule has 1 amide bonds. The number of carboxylic acids is 2. The van der Waals surface area contributed by atoms with Crippen LogP contribution in [0.3, 0.4) is 0 Å². The smallest absolute Gasteiger partial charge is 0.416 e. The summed E-state index contributed by atoms with van der Waals surface area (Å²) < 4.78 is 42.9. The molecule has 3 rings (SSSR count). The second-order valence-electron chi connectivity index (χ2n) is 6.40. The van der Waals surface area contributed by atoms with E-state index in [0.29, 0.717) is 10.4 Å². The lowest BCUT2D eigenvalue weighted by molar-refractivity contribution is -0.139. The molecule has 1 heterocycles. The van der Waals surface area contributed by atoms with Gasteiger partial charge in [0.05, 0.1) is 5.56 Å². The van der Waals surface area contributed by atoms with Crippen molar-refractivity contribution in [2.24, 2.45) is 0 Å². The second kappa shape index (κ2) is 9.10. The Bertz CT molecular complexity index is 1150. The summed E-state index contributed by atoms with van der Waals surface area (Å²) in [6.07, 6.45) is -4.47. The number of hydrogen-bond acceptors (Lipinski definition) is 5. The number of carbonyl (C=O) groups is 3. The Labute approximate surface area is 182 Å². The number of amides is 1. The fourth-order valence-electron chi connectivity index (χ4n) is 2.64. The largest absolute Gasteiger partial charge is 0.480 e. The molecule has 2 aromatic carbocycles. The van der Waals surface area contributed by atoms with E-state index in [1.165, 1.54) is 18.2 Å². The SMILES string of the molecule is O=C(O)COc1cc(-c2ccc(C(=O)Nc3ccc(C(F)(F)F)cc3)cc2)sc1C(=O)O. The van der Waals surface area contributed by atoms with E-state index in [4.69, 9.17) is 9.84 Å². The van der Waals surface area contributed by atoms with Crippen LogP contribution < -0.4 is 10.1 Å². The molecule has 0 saturated carbocycles. The number of aromatic carboxylic acids is 1. The number of carboxylic acid groups (broad SMARTS) is 2. The summed E-state index contributed by atoms with van der Waals surface area (Å²) in [5.74, 6) is -3.14. The minimum absolute atomic E-state index is 0.0796. The molecule has 32 heavy (non-hydrogen) atoms. The van der Waals surface area contributed by atoms with E-state index in [0.717, 1.165) is 35.6 Å². The van der Waals surface area contributed by atoms with Gasteiger partial charge in [0.15, 0.2) is 11.5 Å². The van der Waals surface area contributed by atoms with Crippen LogP contribution in [0.2, 0.25) is 0 Å². The summed E-state index contributed by atoms with van der Waals surface area (Å²) in [6, 6.07) is 11.5. The third kappa shape index (κ3) is 5.43. The lowest BCUT2D eigenvalue weighted by Crippen LogP contribution is -2.12. The van der Waals surface area contributed by atoms with E-state index >= 15 is 0 Å². The minimum Gasteiger partial charge on any atom is -0.480 e. The van der Waals surface area contributed by atoms with Crippen LogP contribution in [-0.2, 0) is 11.0 Å². The predicted molar refractivity (Wildman–Crippen MR) is 109 cm³/mol. The number of hydrogen-bond donors (Lipinski definition) is 3. The zero-order chi connectivity index (χ0) is 23.5. The molecule has 7 nitrogen and oxygen atoms in total. The number of ether oxygens (including phenoxy) is 1. The van der Waals surface area contributed by atoms with Crippen molar-refractivity contribution in [3.8, 4) is 16.2 Å². The Hall–Kier alpha value is -3.86. The summed E-state index contributed by atoms with van der Waals surface area (Å²) in [7, 11) is 0. The quantitative estimate of drug-likeness (QED) is 0.460. The van der Waals surface area contributed by atoms with Crippen molar-refractivity contribution in [1.82, 2.24) is 0 Å². The van der Waals surface area contributed by atoms with Crippen LogP contribution >= 0.6 is 11.3 Å². The molecule has 166 valence electrons. The molecule has 0 spiro atoms. The highest BCUT2D eigenvalue weighted by molar-refractivity contribution is 7.17. The van der Waals surface area contributed by atoms with Crippen LogP contribution in [0.1, 0.15) is 25.6 Å². The van der Waals surface area contributed by atoms with E-state index in [1.54, 1.807) is 12.1 Å². The number of benzene rings is 2. The standard InChI is InChI=1S/C21H14F3NO6S/c22-21(23,24)13-5-7-14(8-6-13)25-19(28)12-3-1-11(2-4-12)16-9-15(31-10-17(26)27)18(32-16)20(29)30/h1-9H,10H2,(H,25,28)(H,26,27)(H,29,30). The van der Waals surface area contributed by atoms with Gasteiger partial charge in [-0.1, -0.05) is 12.1 Å². The monoisotopic (exact) mass is 465 g/mol. The third-order valence-corrected chi connectivity index (χ3v) is 5.30. The zero-order valence-electron chi connectivity index (χ0n) is 16.0. The molecule has 3 aromatic rings. The molecule has 0 fully saturated rings. The average molecular weight is 465 g/mol. The zero-order valence-corrected chi connectivity index (χ0v) is 16.8. The topological polar surface area (TPSA) is 113 Å². The Balaban J connectivity index is 1.74. The summed E-state index contributed by atoms with van der Waals surface area (Å²) in [4.78, 5) is 34.7. The van der Waals surface area contributed by atoms with Crippen LogP contribution in [0.25, 0.3) is 10.4 Å². The normalized spacial score (nSPS) is 11.1. The van der Waals surface area contributed by atoms with Crippen molar-refractivity contribution in [2.45, 2.75) is 6.18 Å². The highest BCUT2D eigenvalue weighted by Gasteiger charge is 2.30. The number of rotatable bonds is 7. The van der Waals surface area contributed by atoms with Gasteiger partial charge >= 0.3 is 18.1 Å². The maximum Gasteiger partial charge on any atom is 0.416 e. The fourth-order valence-corrected chi connectivity index (χ4v) is 3.59. The molecule has 0 aliphatic heterocycles. The van der Waals surface area contributed by atoms with Gasteiger partial charge in [-0.05, 0) is 48.0 Å². The molecule has 0 unspecified atom stereocenters. The van der Waals surface area contributed by atoms with E-state index in [-0.39, 0.29) is 21.9 Å². The van der Waals surface area contributed by atoms with Crippen molar-refractivity contribution in [1.29, 1.82) is 0 Å². The molecule has 1 aromatic heterocycles. The Kier molecular flexibility index (Phi) is 6.49. The highest BCUT2D eigenvalue weighted by Crippen LogP contribution is 2.36. The van der Waals surface area contributed by atoms with Gasteiger partial charge in [-0.2, -0.15) is 13.2 Å². The maximum absolute atomic E-state index is 12.6. The van der Waals surface area contributed by atoms with E-state index in [9.17, 15) is 32.7 Å². The van der Waals surface area contributed by atoms with Gasteiger partial charge in [-0.3, -0.25) is 4.79 Å². The van der Waals surface area contributed by atoms with Crippen LogP contribution in [0.5, 0.6) is 5.75 Å². The van der Waals surface area contributed by atoms with Crippen LogP contribution in [-0.4, -0.2) is 34.7 Å². The summed E-state index contributed by atoms with van der Waals surface area (Å²) in [5, 5.41) is 20.5. The van der Waals surface area contributed by atoms with Crippen molar-refractivity contribution in [3.05, 3.63) is 70.6 Å². The van der Waals surface area contributed by atoms with Crippen LogP contribution in [0, 0.1) is 0 Å². The molecule has 3 N–H and O–H groups in total.